The average molecular weight is 421 g/mol. The van der Waals surface area contributed by atoms with E-state index in [1.165, 1.54) is 0 Å². The van der Waals surface area contributed by atoms with Crippen molar-refractivity contribution >= 4 is 35.2 Å². The number of nitrogens with one attached hydrogen (secondary N) is 2. The fourth-order valence-electron chi connectivity index (χ4n) is 4.05. The number of para-hydroxylation sites is 1. The summed E-state index contributed by atoms with van der Waals surface area (Å²) in [4.78, 5) is 29.2. The Balaban J connectivity index is 0.00000240. The first-order chi connectivity index (χ1) is 13.7. The van der Waals surface area contributed by atoms with E-state index in [-0.39, 0.29) is 30.3 Å². The number of likely N-dealkylation sites (tertiary alicyclic amines) is 1. The number of carbonyl (C=O) groups excluding carboxylic acids is 2. The molecule has 4 rings (SSSR count). The largest absolute Gasteiger partial charge is 0.451 e. The van der Waals surface area contributed by atoms with Gasteiger partial charge in [-0.15, -0.1) is 12.4 Å². The number of carbonyl (C=O) groups is 2. The minimum atomic E-state index is -0.167. The highest BCUT2D eigenvalue weighted by Gasteiger charge is 2.24. The number of nitrogens with zero attached hydrogens (tertiary/aromatic N) is 2. The van der Waals surface area contributed by atoms with Crippen molar-refractivity contribution in [2.45, 2.75) is 25.3 Å². The van der Waals surface area contributed by atoms with E-state index in [1.54, 1.807) is 6.07 Å². The van der Waals surface area contributed by atoms with Crippen molar-refractivity contribution in [2.75, 3.05) is 45.8 Å². The number of halogens is 1. The van der Waals surface area contributed by atoms with Gasteiger partial charge in [-0.2, -0.15) is 0 Å². The summed E-state index contributed by atoms with van der Waals surface area (Å²) >= 11 is 0. The van der Waals surface area contributed by atoms with Crippen LogP contribution < -0.4 is 10.6 Å². The van der Waals surface area contributed by atoms with Gasteiger partial charge >= 0.3 is 0 Å². The molecular formula is C21H29ClN4O3. The van der Waals surface area contributed by atoms with Gasteiger partial charge in [0, 0.05) is 57.1 Å². The van der Waals surface area contributed by atoms with Crippen molar-refractivity contribution in [1.29, 1.82) is 0 Å². The molecule has 2 aromatic rings. The Kier molecular flexibility index (Phi) is 7.52. The number of rotatable bonds is 5. The summed E-state index contributed by atoms with van der Waals surface area (Å²) in [6, 6.07) is 9.51. The third-order valence-corrected chi connectivity index (χ3v) is 5.60. The summed E-state index contributed by atoms with van der Waals surface area (Å²) in [5.41, 5.74) is 0.726. The highest BCUT2D eigenvalue weighted by molar-refractivity contribution is 5.96. The number of piperazine rings is 1. The van der Waals surface area contributed by atoms with Gasteiger partial charge in [0.1, 0.15) is 5.58 Å². The first kappa shape index (κ1) is 21.6. The molecule has 0 saturated carbocycles. The lowest BCUT2D eigenvalue weighted by molar-refractivity contribution is -0.132. The van der Waals surface area contributed by atoms with Gasteiger partial charge in [-0.05, 0) is 31.5 Å². The second-order valence-electron chi connectivity index (χ2n) is 7.64. The van der Waals surface area contributed by atoms with Gasteiger partial charge in [0.25, 0.3) is 5.91 Å². The quantitative estimate of drug-likeness (QED) is 0.772. The molecular weight excluding hydrogens is 392 g/mol. The molecule has 2 aliphatic rings. The summed E-state index contributed by atoms with van der Waals surface area (Å²) in [5.74, 6) is 0.419. The molecule has 2 saturated heterocycles. The molecule has 0 aliphatic carbocycles. The maximum absolute atomic E-state index is 12.6. The molecule has 0 bridgehead atoms. The summed E-state index contributed by atoms with van der Waals surface area (Å²) < 4.78 is 5.66. The standard InChI is InChI=1S/C21H28N4O3.ClH/c26-20(25-12-8-22-9-13-25)7-11-24-10-3-5-17(15-24)23-21(27)19-14-16-4-1-2-6-18(16)28-19;/h1-2,4,6,14,17,22H,3,5,7-13,15H2,(H,23,27);1H. The van der Waals surface area contributed by atoms with Crippen molar-refractivity contribution in [3.63, 3.8) is 0 Å². The minimum absolute atomic E-state index is 0. The maximum atomic E-state index is 12.6. The Labute approximate surface area is 177 Å². The van der Waals surface area contributed by atoms with Gasteiger partial charge in [-0.3, -0.25) is 9.59 Å². The van der Waals surface area contributed by atoms with Crippen LogP contribution in [-0.4, -0.2) is 73.5 Å². The summed E-state index contributed by atoms with van der Waals surface area (Å²) in [6.07, 6.45) is 2.52. The lowest BCUT2D eigenvalue weighted by Crippen LogP contribution is -2.49. The van der Waals surface area contributed by atoms with E-state index in [9.17, 15) is 9.59 Å². The van der Waals surface area contributed by atoms with Crippen molar-refractivity contribution < 1.29 is 14.0 Å². The van der Waals surface area contributed by atoms with Gasteiger partial charge in [-0.1, -0.05) is 18.2 Å². The first-order valence-electron chi connectivity index (χ1n) is 10.2. The summed E-state index contributed by atoms with van der Waals surface area (Å²) in [5, 5.41) is 7.30. The number of fused-ring (bicyclic) bond motifs is 1. The van der Waals surface area contributed by atoms with Crippen LogP contribution in [0.3, 0.4) is 0 Å². The second-order valence-corrected chi connectivity index (χ2v) is 7.64. The van der Waals surface area contributed by atoms with Gasteiger partial charge in [0.2, 0.25) is 5.91 Å². The average Bonchev–Trinajstić information content (AvgIpc) is 3.17. The Hall–Kier alpha value is -2.09. The Morgan fingerprint density at radius 2 is 1.97 bits per heavy atom. The van der Waals surface area contributed by atoms with Crippen LogP contribution in [0.25, 0.3) is 11.0 Å². The van der Waals surface area contributed by atoms with Crippen LogP contribution in [0.1, 0.15) is 29.8 Å². The van der Waals surface area contributed by atoms with E-state index >= 15 is 0 Å². The smallest absolute Gasteiger partial charge is 0.287 e. The van der Waals surface area contributed by atoms with Crippen LogP contribution >= 0.6 is 12.4 Å². The van der Waals surface area contributed by atoms with Crippen LogP contribution in [-0.2, 0) is 4.79 Å². The van der Waals surface area contributed by atoms with Crippen molar-refractivity contribution in [3.8, 4) is 0 Å². The Morgan fingerprint density at radius 3 is 2.76 bits per heavy atom. The monoisotopic (exact) mass is 420 g/mol. The van der Waals surface area contributed by atoms with E-state index in [4.69, 9.17) is 4.42 Å². The topological polar surface area (TPSA) is 77.8 Å². The molecule has 8 heteroatoms. The van der Waals surface area contributed by atoms with Crippen LogP contribution in [0, 0.1) is 0 Å². The van der Waals surface area contributed by atoms with E-state index in [1.807, 2.05) is 29.2 Å². The first-order valence-corrected chi connectivity index (χ1v) is 10.2. The predicted octanol–water partition coefficient (Wildman–Crippen LogP) is 1.87. The normalized spacial score (nSPS) is 20.3. The van der Waals surface area contributed by atoms with Crippen molar-refractivity contribution in [2.24, 2.45) is 0 Å². The van der Waals surface area contributed by atoms with Gasteiger partial charge in [-0.25, -0.2) is 0 Å². The zero-order valence-electron chi connectivity index (χ0n) is 16.6. The van der Waals surface area contributed by atoms with Crippen LogP contribution in [0.15, 0.2) is 34.7 Å². The third-order valence-electron chi connectivity index (χ3n) is 5.60. The third kappa shape index (κ3) is 5.50. The molecule has 2 fully saturated rings. The lowest BCUT2D eigenvalue weighted by atomic mass is 10.1. The van der Waals surface area contributed by atoms with Crippen molar-refractivity contribution in [1.82, 2.24) is 20.4 Å². The van der Waals surface area contributed by atoms with E-state index in [0.717, 1.165) is 69.6 Å². The number of amides is 2. The number of hydrogen-bond acceptors (Lipinski definition) is 5. The molecule has 1 aromatic carbocycles. The van der Waals surface area contributed by atoms with Gasteiger partial charge < -0.3 is 24.9 Å². The fraction of sp³-hybridized carbons (Fsp3) is 0.524. The molecule has 158 valence electrons. The van der Waals surface area contributed by atoms with Crippen LogP contribution in [0.4, 0.5) is 0 Å². The van der Waals surface area contributed by atoms with E-state index < -0.39 is 0 Å². The van der Waals surface area contributed by atoms with Crippen molar-refractivity contribution in [3.05, 3.63) is 36.1 Å². The molecule has 3 heterocycles. The lowest BCUT2D eigenvalue weighted by Gasteiger charge is -2.34. The van der Waals surface area contributed by atoms with Crippen LogP contribution in [0.5, 0.6) is 0 Å². The molecule has 1 atom stereocenters. The molecule has 2 N–H and O–H groups in total. The molecule has 1 aromatic heterocycles. The fourth-order valence-corrected chi connectivity index (χ4v) is 4.05. The van der Waals surface area contributed by atoms with Gasteiger partial charge in [0.15, 0.2) is 5.76 Å². The molecule has 2 aliphatic heterocycles. The summed E-state index contributed by atoms with van der Waals surface area (Å²) in [6.45, 7) is 5.87. The molecule has 0 spiro atoms. The Morgan fingerprint density at radius 1 is 1.17 bits per heavy atom. The SMILES string of the molecule is Cl.O=C(NC1CCCN(CCC(=O)N2CCNCC2)C1)c1cc2ccccc2o1. The number of benzene rings is 1. The molecule has 7 nitrogen and oxygen atoms in total. The van der Waals surface area contributed by atoms with Crippen LogP contribution in [0.2, 0.25) is 0 Å². The van der Waals surface area contributed by atoms with E-state index in [0.29, 0.717) is 12.2 Å². The molecule has 0 radical (unpaired) electrons. The number of hydrogen-bond donors (Lipinski definition) is 2. The minimum Gasteiger partial charge on any atom is -0.451 e. The zero-order valence-corrected chi connectivity index (χ0v) is 17.4. The highest BCUT2D eigenvalue weighted by Crippen LogP contribution is 2.19. The maximum Gasteiger partial charge on any atom is 0.287 e. The molecule has 1 unspecified atom stereocenters. The number of furan rings is 1. The number of piperidine rings is 1. The van der Waals surface area contributed by atoms with Gasteiger partial charge in [0.05, 0.1) is 0 Å². The van der Waals surface area contributed by atoms with E-state index in [2.05, 4.69) is 15.5 Å². The summed E-state index contributed by atoms with van der Waals surface area (Å²) in [7, 11) is 0. The molecule has 29 heavy (non-hydrogen) atoms. The predicted molar refractivity (Wildman–Crippen MR) is 114 cm³/mol. The zero-order chi connectivity index (χ0) is 19.3. The molecule has 2 amide bonds. The second kappa shape index (κ2) is 10.1. The highest BCUT2D eigenvalue weighted by atomic mass is 35.5. The Bertz CT molecular complexity index is 801.